The van der Waals surface area contributed by atoms with E-state index in [1.54, 1.807) is 16.2 Å². The Bertz CT molecular complexity index is 625. The third-order valence-electron chi connectivity index (χ3n) is 3.40. The molecule has 0 fully saturated rings. The lowest BCUT2D eigenvalue weighted by molar-refractivity contribution is 0.0785. The van der Waals surface area contributed by atoms with Crippen molar-refractivity contribution >= 4 is 39.8 Å². The van der Waals surface area contributed by atoms with Gasteiger partial charge < -0.3 is 4.90 Å². The molecule has 1 aromatic heterocycles. The van der Waals surface area contributed by atoms with Crippen molar-refractivity contribution in [2.45, 2.75) is 32.7 Å². The Morgan fingerprint density at radius 2 is 1.86 bits per heavy atom. The third kappa shape index (κ3) is 4.30. The summed E-state index contributed by atoms with van der Waals surface area (Å²) in [6.45, 7) is 7.25. The van der Waals surface area contributed by atoms with E-state index >= 15 is 0 Å². The molecule has 0 atom stereocenters. The molecule has 0 aliphatic carbocycles. The van der Waals surface area contributed by atoms with Crippen LogP contribution < -0.4 is 0 Å². The average molecular weight is 413 g/mol. The minimum absolute atomic E-state index is 0.0778. The Morgan fingerprint density at radius 1 is 1.24 bits per heavy atom. The second kappa shape index (κ2) is 6.48. The monoisotopic (exact) mass is 413 g/mol. The Morgan fingerprint density at radius 3 is 2.33 bits per heavy atom. The van der Waals surface area contributed by atoms with Crippen LogP contribution >= 0.6 is 33.9 Å². The quantitative estimate of drug-likeness (QED) is 0.654. The van der Waals surface area contributed by atoms with Gasteiger partial charge in [-0.25, -0.2) is 0 Å². The van der Waals surface area contributed by atoms with Crippen LogP contribution in [0, 0.1) is 2.88 Å². The van der Waals surface area contributed by atoms with Gasteiger partial charge in [0.25, 0.3) is 5.91 Å². The lowest BCUT2D eigenvalue weighted by Crippen LogP contribution is -2.25. The summed E-state index contributed by atoms with van der Waals surface area (Å²) in [6.07, 6.45) is 0. The lowest BCUT2D eigenvalue weighted by atomic mass is 9.87. The summed E-state index contributed by atoms with van der Waals surface area (Å²) < 4.78 is 1.14. The Balaban J connectivity index is 2.06. The number of carbonyl (C=O) groups is 1. The van der Waals surface area contributed by atoms with Crippen molar-refractivity contribution in [1.29, 1.82) is 0 Å². The molecule has 112 valence electrons. The molecule has 0 aliphatic heterocycles. The molecular formula is C17H20INOS. The third-order valence-corrected chi connectivity index (χ3v) is 5.19. The smallest absolute Gasteiger partial charge is 0.254 e. The normalized spacial score (nSPS) is 11.5. The molecule has 0 saturated carbocycles. The lowest BCUT2D eigenvalue weighted by Gasteiger charge is -2.20. The van der Waals surface area contributed by atoms with Crippen LogP contribution in [-0.2, 0) is 12.0 Å². The fraction of sp³-hybridized carbons (Fsp3) is 0.353. The summed E-state index contributed by atoms with van der Waals surface area (Å²) in [5.74, 6) is 0.0778. The second-order valence-corrected chi connectivity index (χ2v) is 9.05. The van der Waals surface area contributed by atoms with Gasteiger partial charge in [-0.05, 0) is 45.2 Å². The van der Waals surface area contributed by atoms with Crippen LogP contribution in [0.5, 0.6) is 0 Å². The first-order valence-corrected chi connectivity index (χ1v) is 8.82. The van der Waals surface area contributed by atoms with Gasteiger partial charge in [-0.3, -0.25) is 4.79 Å². The van der Waals surface area contributed by atoms with Gasteiger partial charge >= 0.3 is 0 Å². The van der Waals surface area contributed by atoms with Crippen molar-refractivity contribution in [2.24, 2.45) is 0 Å². The molecule has 2 aromatic rings. The highest BCUT2D eigenvalue weighted by molar-refractivity contribution is 14.1. The highest BCUT2D eigenvalue weighted by atomic mass is 127. The molecule has 0 aliphatic rings. The maximum atomic E-state index is 12.3. The minimum Gasteiger partial charge on any atom is -0.337 e. The average Bonchev–Trinajstić information content (AvgIpc) is 2.84. The number of hydrogen-bond donors (Lipinski definition) is 0. The summed E-state index contributed by atoms with van der Waals surface area (Å²) in [6, 6.07) is 10.5. The molecule has 1 amide bonds. The van der Waals surface area contributed by atoms with Crippen LogP contribution in [0.25, 0.3) is 0 Å². The zero-order chi connectivity index (χ0) is 15.6. The topological polar surface area (TPSA) is 20.3 Å². The number of nitrogens with zero attached hydrogens (tertiary/aromatic N) is 1. The van der Waals surface area contributed by atoms with E-state index < -0.39 is 0 Å². The van der Waals surface area contributed by atoms with Crippen molar-refractivity contribution in [2.75, 3.05) is 7.05 Å². The standard InChI is InChI=1S/C17H20INOS/c1-17(2,3)14-7-5-12(6-8-14)10-19(4)16(20)13-9-15(18)21-11-13/h5-9,11H,10H2,1-4H3. The number of hydrogen-bond acceptors (Lipinski definition) is 2. The zero-order valence-electron chi connectivity index (χ0n) is 12.8. The maximum Gasteiger partial charge on any atom is 0.254 e. The van der Waals surface area contributed by atoms with Crippen molar-refractivity contribution < 1.29 is 4.79 Å². The first kappa shape index (κ1) is 16.5. The highest BCUT2D eigenvalue weighted by Gasteiger charge is 2.15. The van der Waals surface area contributed by atoms with E-state index in [1.807, 2.05) is 18.5 Å². The largest absolute Gasteiger partial charge is 0.337 e. The maximum absolute atomic E-state index is 12.3. The van der Waals surface area contributed by atoms with Crippen molar-refractivity contribution in [3.8, 4) is 0 Å². The Hall–Kier alpha value is -0.880. The van der Waals surface area contributed by atoms with E-state index in [-0.39, 0.29) is 11.3 Å². The van der Waals surface area contributed by atoms with Gasteiger partial charge in [-0.1, -0.05) is 45.0 Å². The molecule has 0 radical (unpaired) electrons. The highest BCUT2D eigenvalue weighted by Crippen LogP contribution is 2.23. The van der Waals surface area contributed by atoms with E-state index in [0.717, 1.165) is 14.0 Å². The summed E-state index contributed by atoms with van der Waals surface area (Å²) in [7, 11) is 1.85. The fourth-order valence-corrected chi connectivity index (χ4v) is 3.42. The van der Waals surface area contributed by atoms with E-state index in [1.165, 1.54) is 5.56 Å². The summed E-state index contributed by atoms with van der Waals surface area (Å²) in [4.78, 5) is 14.1. The molecule has 0 spiro atoms. The summed E-state index contributed by atoms with van der Waals surface area (Å²) >= 11 is 3.84. The molecule has 1 aromatic carbocycles. The van der Waals surface area contributed by atoms with E-state index in [4.69, 9.17) is 0 Å². The SMILES string of the molecule is CN(Cc1ccc(C(C)(C)C)cc1)C(=O)c1csc(I)c1. The Labute approximate surface area is 144 Å². The van der Waals surface area contributed by atoms with Gasteiger partial charge in [0.15, 0.2) is 0 Å². The molecule has 2 rings (SSSR count). The molecule has 0 unspecified atom stereocenters. The molecule has 21 heavy (non-hydrogen) atoms. The zero-order valence-corrected chi connectivity index (χ0v) is 15.8. The van der Waals surface area contributed by atoms with E-state index in [2.05, 4.69) is 67.6 Å². The van der Waals surface area contributed by atoms with Crippen LogP contribution in [0.15, 0.2) is 35.7 Å². The molecule has 4 heteroatoms. The van der Waals surface area contributed by atoms with Crippen LogP contribution in [-0.4, -0.2) is 17.9 Å². The van der Waals surface area contributed by atoms with Gasteiger partial charge in [0, 0.05) is 19.0 Å². The molecular weight excluding hydrogens is 393 g/mol. The fourth-order valence-electron chi connectivity index (χ4n) is 2.10. The van der Waals surface area contributed by atoms with Crippen LogP contribution in [0.2, 0.25) is 0 Å². The first-order chi connectivity index (χ1) is 9.77. The molecule has 0 saturated heterocycles. The first-order valence-electron chi connectivity index (χ1n) is 6.86. The van der Waals surface area contributed by atoms with Gasteiger partial charge in [-0.2, -0.15) is 0 Å². The van der Waals surface area contributed by atoms with Gasteiger partial charge in [0.05, 0.1) is 8.45 Å². The summed E-state index contributed by atoms with van der Waals surface area (Å²) in [5.41, 5.74) is 3.41. The predicted octanol–water partition coefficient (Wildman–Crippen LogP) is 4.92. The van der Waals surface area contributed by atoms with Crippen LogP contribution in [0.3, 0.4) is 0 Å². The van der Waals surface area contributed by atoms with Gasteiger partial charge in [-0.15, -0.1) is 11.3 Å². The van der Waals surface area contributed by atoms with Crippen molar-refractivity contribution in [3.63, 3.8) is 0 Å². The van der Waals surface area contributed by atoms with Crippen molar-refractivity contribution in [3.05, 3.63) is 55.3 Å². The molecule has 2 nitrogen and oxygen atoms in total. The van der Waals surface area contributed by atoms with Gasteiger partial charge in [0.1, 0.15) is 0 Å². The van der Waals surface area contributed by atoms with Crippen molar-refractivity contribution in [1.82, 2.24) is 4.90 Å². The molecule has 0 N–H and O–H groups in total. The van der Waals surface area contributed by atoms with Gasteiger partial charge in [0.2, 0.25) is 0 Å². The Kier molecular flexibility index (Phi) is 5.09. The molecule has 1 heterocycles. The number of amides is 1. The number of thiophene rings is 1. The number of benzene rings is 1. The van der Waals surface area contributed by atoms with Crippen LogP contribution in [0.1, 0.15) is 42.3 Å². The van der Waals surface area contributed by atoms with E-state index in [9.17, 15) is 4.79 Å². The second-order valence-electron chi connectivity index (χ2n) is 6.25. The van der Waals surface area contributed by atoms with Crippen LogP contribution in [0.4, 0.5) is 0 Å². The summed E-state index contributed by atoms with van der Waals surface area (Å²) in [5, 5.41) is 1.92. The number of halogens is 1. The minimum atomic E-state index is 0.0778. The van der Waals surface area contributed by atoms with E-state index in [0.29, 0.717) is 6.54 Å². The predicted molar refractivity (Wildman–Crippen MR) is 98.0 cm³/mol. The number of carbonyl (C=O) groups excluding carboxylic acids is 1. The number of rotatable bonds is 3. The molecule has 0 bridgehead atoms.